The first-order valence-corrected chi connectivity index (χ1v) is 10.8. The van der Waals surface area contributed by atoms with Crippen LogP contribution < -0.4 is 22.3 Å². The molecule has 162 valence electrons. The summed E-state index contributed by atoms with van der Waals surface area (Å²) in [6.07, 6.45) is 1.38. The van der Waals surface area contributed by atoms with Gasteiger partial charge in [-0.15, -0.1) is 0 Å². The lowest BCUT2D eigenvalue weighted by Crippen LogP contribution is -2.33. The summed E-state index contributed by atoms with van der Waals surface area (Å²) in [6.45, 7) is 1.68. The first kappa shape index (κ1) is 23.2. The van der Waals surface area contributed by atoms with Crippen LogP contribution in [0.5, 0.6) is 0 Å². The van der Waals surface area contributed by atoms with Crippen molar-refractivity contribution < 1.29 is 28.3 Å². The van der Waals surface area contributed by atoms with Crippen LogP contribution in [-0.4, -0.2) is 66.0 Å². The summed E-state index contributed by atoms with van der Waals surface area (Å²) in [4.78, 5) is 47.6. The minimum absolute atomic E-state index is 0.0482. The zero-order valence-electron chi connectivity index (χ0n) is 16.1. The van der Waals surface area contributed by atoms with E-state index >= 15 is 0 Å². The maximum Gasteiger partial charge on any atom is 0.330 e. The molecule has 1 amide bonds. The van der Waals surface area contributed by atoms with Gasteiger partial charge < -0.3 is 29.9 Å². The number of methoxy groups -OCH3 is 1. The SMILES string of the molecule is COC[C@H]1O[C@@H](n2cc(/C=C/C(=O)NCCN)c(=O)[nH]c2=O)CC1OP(C)(=O)O. The third-order valence-corrected chi connectivity index (χ3v) is 4.67. The van der Waals surface area contributed by atoms with Gasteiger partial charge in [0.1, 0.15) is 12.3 Å². The van der Waals surface area contributed by atoms with Crippen molar-refractivity contribution in [3.8, 4) is 0 Å². The Bertz CT molecular complexity index is 905. The van der Waals surface area contributed by atoms with Crippen LogP contribution >= 0.6 is 7.60 Å². The number of nitrogens with two attached hydrogens (primary N) is 1. The van der Waals surface area contributed by atoms with E-state index in [1.54, 1.807) is 0 Å². The molecule has 0 aliphatic carbocycles. The second kappa shape index (κ2) is 10.1. The lowest BCUT2D eigenvalue weighted by Gasteiger charge is -2.19. The third kappa shape index (κ3) is 6.74. The highest BCUT2D eigenvalue weighted by atomic mass is 31.2. The van der Waals surface area contributed by atoms with Gasteiger partial charge in [0, 0.05) is 45.6 Å². The van der Waals surface area contributed by atoms with Crippen LogP contribution in [0.1, 0.15) is 18.2 Å². The minimum atomic E-state index is -3.80. The van der Waals surface area contributed by atoms with Crippen LogP contribution in [0.25, 0.3) is 6.08 Å². The molecule has 1 aliphatic rings. The van der Waals surface area contributed by atoms with Crippen molar-refractivity contribution in [3.63, 3.8) is 0 Å². The number of carbonyl (C=O) groups is 1. The van der Waals surface area contributed by atoms with Gasteiger partial charge in [-0.05, 0) is 6.08 Å². The van der Waals surface area contributed by atoms with Crippen molar-refractivity contribution in [3.05, 3.63) is 38.7 Å². The van der Waals surface area contributed by atoms with Crippen molar-refractivity contribution in [1.29, 1.82) is 0 Å². The smallest absolute Gasteiger partial charge is 0.330 e. The first-order valence-electron chi connectivity index (χ1n) is 8.79. The molecule has 0 spiro atoms. The van der Waals surface area contributed by atoms with Crippen molar-refractivity contribution in [2.24, 2.45) is 5.73 Å². The Hall–Kier alpha value is -2.08. The monoisotopic (exact) mass is 432 g/mol. The van der Waals surface area contributed by atoms with Crippen LogP contribution in [0, 0.1) is 0 Å². The fourth-order valence-electron chi connectivity index (χ4n) is 2.80. The molecule has 0 saturated carbocycles. The number of H-pyrrole nitrogens is 1. The number of ether oxygens (including phenoxy) is 2. The molecule has 29 heavy (non-hydrogen) atoms. The highest BCUT2D eigenvalue weighted by molar-refractivity contribution is 7.51. The Kier molecular flexibility index (Phi) is 8.08. The Morgan fingerprint density at radius 3 is 2.90 bits per heavy atom. The molecule has 1 aliphatic heterocycles. The van der Waals surface area contributed by atoms with Gasteiger partial charge in [-0.25, -0.2) is 4.79 Å². The lowest BCUT2D eigenvalue weighted by molar-refractivity contribution is -0.116. The Balaban J connectivity index is 2.26. The molecule has 2 rings (SSSR count). The third-order valence-electron chi connectivity index (χ3n) is 4.01. The van der Waals surface area contributed by atoms with Gasteiger partial charge in [-0.1, -0.05) is 0 Å². The highest BCUT2D eigenvalue weighted by Crippen LogP contribution is 2.43. The van der Waals surface area contributed by atoms with E-state index in [4.69, 9.17) is 19.7 Å². The molecular formula is C16H25N4O8P. The number of rotatable bonds is 9. The van der Waals surface area contributed by atoms with Crippen molar-refractivity contribution in [2.75, 3.05) is 33.5 Å². The molecule has 2 heterocycles. The second-order valence-electron chi connectivity index (χ2n) is 6.43. The average molecular weight is 432 g/mol. The second-order valence-corrected chi connectivity index (χ2v) is 8.25. The zero-order valence-corrected chi connectivity index (χ0v) is 17.0. The van der Waals surface area contributed by atoms with Gasteiger partial charge in [-0.2, -0.15) is 0 Å². The molecule has 2 unspecified atom stereocenters. The molecule has 1 saturated heterocycles. The van der Waals surface area contributed by atoms with Gasteiger partial charge in [-0.3, -0.25) is 23.7 Å². The molecule has 0 bridgehead atoms. The number of amides is 1. The number of nitrogens with one attached hydrogen (secondary N) is 2. The van der Waals surface area contributed by atoms with Gasteiger partial charge in [0.05, 0.1) is 18.3 Å². The Labute approximate surface area is 166 Å². The number of aromatic amines is 1. The highest BCUT2D eigenvalue weighted by Gasteiger charge is 2.40. The number of hydrogen-bond donors (Lipinski definition) is 4. The fourth-order valence-corrected chi connectivity index (χ4v) is 3.53. The molecule has 5 N–H and O–H groups in total. The van der Waals surface area contributed by atoms with Gasteiger partial charge in [0.25, 0.3) is 5.56 Å². The van der Waals surface area contributed by atoms with E-state index in [0.717, 1.165) is 17.3 Å². The van der Waals surface area contributed by atoms with E-state index in [-0.39, 0.29) is 31.7 Å². The summed E-state index contributed by atoms with van der Waals surface area (Å²) in [6, 6.07) is 0. The van der Waals surface area contributed by atoms with Crippen molar-refractivity contribution >= 4 is 19.6 Å². The molecule has 12 nitrogen and oxygen atoms in total. The number of carbonyl (C=O) groups excluding carboxylic acids is 1. The first-order chi connectivity index (χ1) is 13.6. The quantitative estimate of drug-likeness (QED) is 0.275. The maximum atomic E-state index is 12.2. The van der Waals surface area contributed by atoms with Crippen LogP contribution in [0.15, 0.2) is 21.9 Å². The normalized spacial score (nSPS) is 23.9. The van der Waals surface area contributed by atoms with E-state index in [1.807, 2.05) is 0 Å². The fraction of sp³-hybridized carbons (Fsp3) is 0.562. The summed E-state index contributed by atoms with van der Waals surface area (Å²) in [5.74, 6) is -0.444. The molecule has 0 aromatic carbocycles. The summed E-state index contributed by atoms with van der Waals surface area (Å²) >= 11 is 0. The molecule has 1 aromatic rings. The van der Waals surface area contributed by atoms with E-state index in [9.17, 15) is 23.8 Å². The van der Waals surface area contributed by atoms with E-state index < -0.39 is 43.2 Å². The predicted octanol–water partition coefficient (Wildman–Crippen LogP) is -1.24. The Morgan fingerprint density at radius 1 is 1.55 bits per heavy atom. The molecule has 0 radical (unpaired) electrons. The van der Waals surface area contributed by atoms with E-state index in [0.29, 0.717) is 0 Å². The standard InChI is InChI=1S/C16H25N4O8P/c1-26-9-12-11(28-29(2,24)25)7-14(27-12)20-8-10(15(22)19-16(20)23)3-4-13(21)18-6-5-17/h3-4,8,11-12,14H,5-7,9,17H2,1-2H3,(H,18,21)(H,24,25)(H,19,22,23)/b4-3+/t11?,12-,14-/m1/s1. The van der Waals surface area contributed by atoms with Crippen LogP contribution in [-0.2, 0) is 23.4 Å². The van der Waals surface area contributed by atoms with Crippen molar-refractivity contribution in [2.45, 2.75) is 24.9 Å². The number of nitrogens with zero attached hydrogens (tertiary/aromatic N) is 1. The molecule has 13 heteroatoms. The summed E-state index contributed by atoms with van der Waals surface area (Å²) < 4.78 is 28.7. The topological polar surface area (TPSA) is 175 Å². The van der Waals surface area contributed by atoms with E-state index in [2.05, 4.69) is 10.3 Å². The van der Waals surface area contributed by atoms with Crippen LogP contribution in [0.3, 0.4) is 0 Å². The van der Waals surface area contributed by atoms with Crippen LogP contribution in [0.2, 0.25) is 0 Å². The maximum absolute atomic E-state index is 12.2. The molecule has 4 atom stereocenters. The lowest BCUT2D eigenvalue weighted by atomic mass is 10.2. The summed E-state index contributed by atoms with van der Waals surface area (Å²) in [7, 11) is -2.37. The zero-order chi connectivity index (χ0) is 21.6. The van der Waals surface area contributed by atoms with Crippen molar-refractivity contribution in [1.82, 2.24) is 14.9 Å². The van der Waals surface area contributed by atoms with E-state index in [1.165, 1.54) is 19.4 Å². The average Bonchev–Trinajstić information content (AvgIpc) is 3.00. The largest absolute Gasteiger partial charge is 0.382 e. The molecule has 1 aromatic heterocycles. The minimum Gasteiger partial charge on any atom is -0.382 e. The number of hydrogen-bond acceptors (Lipinski definition) is 8. The summed E-state index contributed by atoms with van der Waals surface area (Å²) in [5, 5.41) is 2.51. The molecule has 1 fully saturated rings. The molecular weight excluding hydrogens is 407 g/mol. The van der Waals surface area contributed by atoms with Gasteiger partial charge in [0.2, 0.25) is 5.91 Å². The summed E-state index contributed by atoms with van der Waals surface area (Å²) in [5.41, 5.74) is 3.94. The number of aromatic nitrogens is 2. The van der Waals surface area contributed by atoms with Gasteiger partial charge in [0.15, 0.2) is 0 Å². The van der Waals surface area contributed by atoms with Gasteiger partial charge >= 0.3 is 13.3 Å². The predicted molar refractivity (Wildman–Crippen MR) is 103 cm³/mol. The Morgan fingerprint density at radius 2 is 2.28 bits per heavy atom. The van der Waals surface area contributed by atoms with Crippen LogP contribution in [0.4, 0.5) is 0 Å².